The quantitative estimate of drug-likeness (QED) is 0.644. The minimum Gasteiger partial charge on any atom is -0.310 e. The molecule has 5 heteroatoms. The maximum atomic E-state index is 10.7. The number of rotatable bonds is 6. The second-order valence-corrected chi connectivity index (χ2v) is 5.17. The highest BCUT2D eigenvalue weighted by molar-refractivity contribution is 6.31. The van der Waals surface area contributed by atoms with Gasteiger partial charge in [0.2, 0.25) is 0 Å². The number of nitro benzene ring substituents is 1. The van der Waals surface area contributed by atoms with E-state index in [-0.39, 0.29) is 16.7 Å². The fourth-order valence-electron chi connectivity index (χ4n) is 2.29. The normalized spacial score (nSPS) is 12.1. The van der Waals surface area contributed by atoms with Crippen molar-refractivity contribution in [3.63, 3.8) is 0 Å². The fourth-order valence-corrected chi connectivity index (χ4v) is 2.55. The van der Waals surface area contributed by atoms with Crippen molar-refractivity contribution < 1.29 is 4.92 Å². The molecule has 0 radical (unpaired) electrons. The first kappa shape index (κ1) is 15.5. The minimum absolute atomic E-state index is 0.0881. The molecule has 0 heterocycles. The monoisotopic (exact) mass is 304 g/mol. The summed E-state index contributed by atoms with van der Waals surface area (Å²) in [6.45, 7) is 2.86. The second kappa shape index (κ2) is 7.20. The summed E-state index contributed by atoms with van der Waals surface area (Å²) in [6.07, 6.45) is 0.732. The summed E-state index contributed by atoms with van der Waals surface area (Å²) >= 11 is 6.26. The van der Waals surface area contributed by atoms with Gasteiger partial charge in [0.1, 0.15) is 0 Å². The molecule has 1 unspecified atom stereocenters. The summed E-state index contributed by atoms with van der Waals surface area (Å²) in [5.74, 6) is 0. The molecule has 0 aliphatic heterocycles. The number of hydrogen-bond acceptors (Lipinski definition) is 3. The zero-order chi connectivity index (χ0) is 15.2. The van der Waals surface area contributed by atoms with Crippen molar-refractivity contribution in [1.82, 2.24) is 5.32 Å². The number of nitro groups is 1. The van der Waals surface area contributed by atoms with Crippen molar-refractivity contribution >= 4 is 17.3 Å². The predicted octanol–water partition coefficient (Wildman–Crippen LogP) is 4.14. The average molecular weight is 305 g/mol. The van der Waals surface area contributed by atoms with Crippen LogP contribution >= 0.6 is 11.6 Å². The lowest BCUT2D eigenvalue weighted by Gasteiger charge is -2.19. The van der Waals surface area contributed by atoms with Crippen LogP contribution in [-0.4, -0.2) is 11.5 Å². The van der Waals surface area contributed by atoms with E-state index in [9.17, 15) is 10.1 Å². The Kier molecular flexibility index (Phi) is 5.31. The van der Waals surface area contributed by atoms with Crippen molar-refractivity contribution in [2.24, 2.45) is 0 Å². The van der Waals surface area contributed by atoms with Gasteiger partial charge in [-0.05, 0) is 30.2 Å². The zero-order valence-electron chi connectivity index (χ0n) is 11.8. The molecule has 2 rings (SSSR count). The van der Waals surface area contributed by atoms with Gasteiger partial charge < -0.3 is 5.32 Å². The predicted molar refractivity (Wildman–Crippen MR) is 84.7 cm³/mol. The van der Waals surface area contributed by atoms with Gasteiger partial charge >= 0.3 is 0 Å². The Balaban J connectivity index is 2.20. The third-order valence-corrected chi connectivity index (χ3v) is 3.66. The standard InChI is InChI=1S/C16H17ClN2O2/c1-2-18-16(14-5-3-4-6-15(14)17)11-12-7-9-13(10-8-12)19(20)21/h3-10,16,18H,2,11H2,1H3. The first-order valence-electron chi connectivity index (χ1n) is 6.83. The highest BCUT2D eigenvalue weighted by Gasteiger charge is 2.14. The van der Waals surface area contributed by atoms with Crippen LogP contribution in [0.15, 0.2) is 48.5 Å². The lowest BCUT2D eigenvalue weighted by atomic mass is 9.98. The molecule has 2 aromatic rings. The fraction of sp³-hybridized carbons (Fsp3) is 0.250. The van der Waals surface area contributed by atoms with Gasteiger partial charge in [0.15, 0.2) is 0 Å². The van der Waals surface area contributed by atoms with Crippen molar-refractivity contribution in [1.29, 1.82) is 0 Å². The SMILES string of the molecule is CCNC(Cc1ccc([N+](=O)[O-])cc1)c1ccccc1Cl. The zero-order valence-corrected chi connectivity index (χ0v) is 12.5. The Bertz CT molecular complexity index is 614. The lowest BCUT2D eigenvalue weighted by Crippen LogP contribution is -2.23. The van der Waals surface area contributed by atoms with Gasteiger partial charge in [-0.2, -0.15) is 0 Å². The molecule has 1 atom stereocenters. The maximum Gasteiger partial charge on any atom is 0.269 e. The molecule has 0 spiro atoms. The summed E-state index contributed by atoms with van der Waals surface area (Å²) in [5.41, 5.74) is 2.18. The molecule has 0 aromatic heterocycles. The molecular formula is C16H17ClN2O2. The molecular weight excluding hydrogens is 288 g/mol. The molecule has 21 heavy (non-hydrogen) atoms. The summed E-state index contributed by atoms with van der Waals surface area (Å²) in [4.78, 5) is 10.3. The maximum absolute atomic E-state index is 10.7. The van der Waals surface area contributed by atoms with Gasteiger partial charge in [0, 0.05) is 23.2 Å². The van der Waals surface area contributed by atoms with Crippen LogP contribution in [0.5, 0.6) is 0 Å². The molecule has 0 bridgehead atoms. The molecule has 1 N–H and O–H groups in total. The minimum atomic E-state index is -0.389. The van der Waals surface area contributed by atoms with E-state index in [1.807, 2.05) is 31.2 Å². The second-order valence-electron chi connectivity index (χ2n) is 4.76. The molecule has 4 nitrogen and oxygen atoms in total. The van der Waals surface area contributed by atoms with Crippen LogP contribution in [0.2, 0.25) is 5.02 Å². The van der Waals surface area contributed by atoms with Crippen LogP contribution < -0.4 is 5.32 Å². The van der Waals surface area contributed by atoms with Gasteiger partial charge in [-0.1, -0.05) is 48.9 Å². The topological polar surface area (TPSA) is 55.2 Å². The molecule has 0 saturated heterocycles. The largest absolute Gasteiger partial charge is 0.310 e. The van der Waals surface area contributed by atoms with Crippen molar-refractivity contribution in [2.75, 3.05) is 6.54 Å². The van der Waals surface area contributed by atoms with Gasteiger partial charge in [0.05, 0.1) is 4.92 Å². The first-order valence-corrected chi connectivity index (χ1v) is 7.20. The molecule has 0 aliphatic carbocycles. The molecule has 0 amide bonds. The number of benzene rings is 2. The molecule has 110 valence electrons. The van der Waals surface area contributed by atoms with E-state index >= 15 is 0 Å². The van der Waals surface area contributed by atoms with Crippen LogP contribution in [-0.2, 0) is 6.42 Å². The third-order valence-electron chi connectivity index (χ3n) is 3.32. The van der Waals surface area contributed by atoms with E-state index in [0.717, 1.165) is 29.1 Å². The van der Waals surface area contributed by atoms with Crippen LogP contribution in [0.3, 0.4) is 0 Å². The molecule has 0 fully saturated rings. The van der Waals surface area contributed by atoms with Crippen LogP contribution in [0, 0.1) is 10.1 Å². The van der Waals surface area contributed by atoms with Gasteiger partial charge in [-0.3, -0.25) is 10.1 Å². The lowest BCUT2D eigenvalue weighted by molar-refractivity contribution is -0.384. The van der Waals surface area contributed by atoms with Crippen LogP contribution in [0.1, 0.15) is 24.1 Å². The van der Waals surface area contributed by atoms with E-state index in [0.29, 0.717) is 0 Å². The number of non-ortho nitro benzene ring substituents is 1. The Hall–Kier alpha value is -1.91. The van der Waals surface area contributed by atoms with E-state index < -0.39 is 0 Å². The Morgan fingerprint density at radius 2 is 1.86 bits per heavy atom. The van der Waals surface area contributed by atoms with Crippen molar-refractivity contribution in [3.8, 4) is 0 Å². The van der Waals surface area contributed by atoms with E-state index in [1.54, 1.807) is 12.1 Å². The third kappa shape index (κ3) is 4.03. The highest BCUT2D eigenvalue weighted by atomic mass is 35.5. The van der Waals surface area contributed by atoms with Crippen LogP contribution in [0.25, 0.3) is 0 Å². The molecule has 2 aromatic carbocycles. The van der Waals surface area contributed by atoms with E-state index in [2.05, 4.69) is 5.32 Å². The summed E-state index contributed by atoms with van der Waals surface area (Å²) in [6, 6.07) is 14.5. The number of likely N-dealkylation sites (N-methyl/N-ethyl adjacent to an activating group) is 1. The average Bonchev–Trinajstić information content (AvgIpc) is 2.48. The summed E-state index contributed by atoms with van der Waals surface area (Å²) in [5, 5.41) is 14.8. The number of nitrogens with zero attached hydrogens (tertiary/aromatic N) is 1. The molecule has 0 aliphatic rings. The van der Waals surface area contributed by atoms with E-state index in [4.69, 9.17) is 11.6 Å². The summed E-state index contributed by atoms with van der Waals surface area (Å²) in [7, 11) is 0. The summed E-state index contributed by atoms with van der Waals surface area (Å²) < 4.78 is 0. The Labute approximate surface area is 128 Å². The van der Waals surface area contributed by atoms with Gasteiger partial charge in [-0.25, -0.2) is 0 Å². The number of hydrogen-bond donors (Lipinski definition) is 1. The number of halogens is 1. The Morgan fingerprint density at radius 3 is 2.43 bits per heavy atom. The van der Waals surface area contributed by atoms with Crippen molar-refractivity contribution in [2.45, 2.75) is 19.4 Å². The Morgan fingerprint density at radius 1 is 1.19 bits per heavy atom. The van der Waals surface area contributed by atoms with Gasteiger partial charge in [0.25, 0.3) is 5.69 Å². The smallest absolute Gasteiger partial charge is 0.269 e. The highest BCUT2D eigenvalue weighted by Crippen LogP contribution is 2.26. The van der Waals surface area contributed by atoms with Crippen molar-refractivity contribution in [3.05, 3.63) is 74.8 Å². The van der Waals surface area contributed by atoms with Crippen LogP contribution in [0.4, 0.5) is 5.69 Å². The first-order chi connectivity index (χ1) is 10.1. The van der Waals surface area contributed by atoms with Gasteiger partial charge in [-0.15, -0.1) is 0 Å². The molecule has 0 saturated carbocycles. The van der Waals surface area contributed by atoms with E-state index in [1.165, 1.54) is 12.1 Å². The number of nitrogens with one attached hydrogen (secondary N) is 1.